The van der Waals surface area contributed by atoms with Gasteiger partial charge in [-0.25, -0.2) is 0 Å². The fourth-order valence-electron chi connectivity index (χ4n) is 4.12. The van der Waals surface area contributed by atoms with E-state index in [0.29, 0.717) is 6.54 Å². The van der Waals surface area contributed by atoms with Gasteiger partial charge < -0.3 is 14.7 Å². The Morgan fingerprint density at radius 2 is 2.32 bits per heavy atom. The topological polar surface area (TPSA) is 53.7 Å². The molecule has 3 unspecified atom stereocenters. The maximum atomic E-state index is 4.87. The largest absolute Gasteiger partial charge is 0.364 e. The van der Waals surface area contributed by atoms with Crippen molar-refractivity contribution in [1.82, 2.24) is 15.4 Å². The smallest absolute Gasteiger partial charge is 0.193 e. The van der Waals surface area contributed by atoms with E-state index in [2.05, 4.69) is 20.4 Å². The summed E-state index contributed by atoms with van der Waals surface area (Å²) in [4.78, 5) is 6.44. The predicted molar refractivity (Wildman–Crippen MR) is 98.3 cm³/mol. The monoisotopic (exact) mass is 418 g/mol. The van der Waals surface area contributed by atoms with Gasteiger partial charge in [-0.1, -0.05) is 11.6 Å². The summed E-state index contributed by atoms with van der Waals surface area (Å²) < 4.78 is 4.87. The summed E-state index contributed by atoms with van der Waals surface area (Å²) >= 11 is 0. The highest BCUT2D eigenvalue weighted by molar-refractivity contribution is 14.0. The third-order valence-electron chi connectivity index (χ3n) is 5.15. The van der Waals surface area contributed by atoms with Crippen molar-refractivity contribution in [2.45, 2.75) is 38.6 Å². The van der Waals surface area contributed by atoms with Crippen LogP contribution in [0.5, 0.6) is 0 Å². The molecule has 0 aliphatic heterocycles. The Balaban J connectivity index is 0.00000176. The van der Waals surface area contributed by atoms with Crippen LogP contribution >= 0.6 is 24.0 Å². The number of nitrogens with zero attached hydrogens (tertiary/aromatic N) is 3. The van der Waals surface area contributed by atoms with E-state index < -0.39 is 0 Å². The number of rotatable bonds is 5. The zero-order valence-corrected chi connectivity index (χ0v) is 15.8. The van der Waals surface area contributed by atoms with Gasteiger partial charge in [0.15, 0.2) is 5.96 Å². The number of aliphatic imine (C=N–C) groups is 1. The van der Waals surface area contributed by atoms with Crippen LogP contribution < -0.4 is 5.32 Å². The Kier molecular flexibility index (Phi) is 6.52. The fraction of sp³-hybridized carbons (Fsp3) is 0.750. The van der Waals surface area contributed by atoms with Crippen molar-refractivity contribution in [1.29, 1.82) is 0 Å². The van der Waals surface area contributed by atoms with Gasteiger partial charge in [0.2, 0.25) is 0 Å². The molecular weight excluding hydrogens is 391 g/mol. The maximum Gasteiger partial charge on any atom is 0.193 e. The lowest BCUT2D eigenvalue weighted by Crippen LogP contribution is -2.39. The number of halogens is 1. The molecule has 1 aromatic rings. The van der Waals surface area contributed by atoms with Crippen LogP contribution in [0.1, 0.15) is 37.8 Å². The van der Waals surface area contributed by atoms with Crippen LogP contribution in [-0.2, 0) is 6.54 Å². The molecule has 2 bridgehead atoms. The van der Waals surface area contributed by atoms with Crippen molar-refractivity contribution in [3.8, 4) is 0 Å². The number of hydrogen-bond donors (Lipinski definition) is 1. The Morgan fingerprint density at radius 1 is 1.45 bits per heavy atom. The summed E-state index contributed by atoms with van der Waals surface area (Å²) in [6, 6.07) is 1.89. The SMILES string of the molecule is CN=C(NCCC1CC2CCC1C2)N(C)Cc1ccon1.I. The molecule has 2 saturated carbocycles. The quantitative estimate of drug-likeness (QED) is 0.454. The molecule has 1 aromatic heterocycles. The Labute approximate surface area is 149 Å². The van der Waals surface area contributed by atoms with Gasteiger partial charge >= 0.3 is 0 Å². The average Bonchev–Trinajstić information content (AvgIpc) is 3.20. The van der Waals surface area contributed by atoms with E-state index in [1.807, 2.05) is 20.2 Å². The van der Waals surface area contributed by atoms with E-state index in [4.69, 9.17) is 4.52 Å². The van der Waals surface area contributed by atoms with Crippen molar-refractivity contribution in [3.63, 3.8) is 0 Å². The number of nitrogens with one attached hydrogen (secondary N) is 1. The Hall–Kier alpha value is -0.790. The molecule has 0 aromatic carbocycles. The molecule has 0 spiro atoms. The molecule has 0 amide bonds. The highest BCUT2D eigenvalue weighted by Gasteiger charge is 2.38. The zero-order valence-electron chi connectivity index (χ0n) is 13.5. The average molecular weight is 418 g/mol. The molecule has 1 N–H and O–H groups in total. The van der Waals surface area contributed by atoms with Crippen LogP contribution in [0, 0.1) is 17.8 Å². The minimum absolute atomic E-state index is 0. The zero-order chi connectivity index (χ0) is 14.7. The van der Waals surface area contributed by atoms with Crippen molar-refractivity contribution in [2.75, 3.05) is 20.6 Å². The fourth-order valence-corrected chi connectivity index (χ4v) is 4.12. The van der Waals surface area contributed by atoms with Gasteiger partial charge in [-0.05, 0) is 43.4 Å². The molecule has 124 valence electrons. The van der Waals surface area contributed by atoms with Gasteiger partial charge in [-0.3, -0.25) is 4.99 Å². The van der Waals surface area contributed by atoms with Crippen LogP contribution in [0.15, 0.2) is 21.8 Å². The number of hydrogen-bond acceptors (Lipinski definition) is 3. The second-order valence-corrected chi connectivity index (χ2v) is 6.54. The van der Waals surface area contributed by atoms with E-state index in [-0.39, 0.29) is 24.0 Å². The first-order chi connectivity index (χ1) is 10.3. The lowest BCUT2D eigenvalue weighted by molar-refractivity contribution is 0.313. The normalized spacial score (nSPS) is 26.8. The van der Waals surface area contributed by atoms with Crippen LogP contribution in [-0.4, -0.2) is 36.7 Å². The van der Waals surface area contributed by atoms with E-state index in [1.54, 1.807) is 6.26 Å². The molecule has 1 heterocycles. The summed E-state index contributed by atoms with van der Waals surface area (Å²) in [7, 11) is 3.86. The Bertz CT molecular complexity index is 477. The standard InChI is InChI=1S/C16H26N4O.HI/c1-17-16(20(2)11-15-6-8-21-19-15)18-7-5-14-10-12-3-4-13(14)9-12;/h6,8,12-14H,3-5,7,9-11H2,1-2H3,(H,17,18);1H. The van der Waals surface area contributed by atoms with Crippen molar-refractivity contribution < 1.29 is 4.52 Å². The van der Waals surface area contributed by atoms with Crippen molar-refractivity contribution >= 4 is 29.9 Å². The Morgan fingerprint density at radius 3 is 2.91 bits per heavy atom. The van der Waals surface area contributed by atoms with Crippen LogP contribution in [0.25, 0.3) is 0 Å². The van der Waals surface area contributed by atoms with Gasteiger partial charge in [0.25, 0.3) is 0 Å². The molecule has 2 aliphatic rings. The molecule has 3 rings (SSSR count). The minimum Gasteiger partial charge on any atom is -0.364 e. The summed E-state index contributed by atoms with van der Waals surface area (Å²) in [6.07, 6.45) is 8.78. The first kappa shape index (κ1) is 17.6. The maximum absolute atomic E-state index is 4.87. The van der Waals surface area contributed by atoms with Gasteiger partial charge in [0, 0.05) is 26.7 Å². The van der Waals surface area contributed by atoms with E-state index in [0.717, 1.165) is 36.0 Å². The molecule has 6 heteroatoms. The van der Waals surface area contributed by atoms with E-state index >= 15 is 0 Å². The highest BCUT2D eigenvalue weighted by atomic mass is 127. The van der Waals surface area contributed by atoms with Crippen molar-refractivity contribution in [2.24, 2.45) is 22.7 Å². The first-order valence-corrected chi connectivity index (χ1v) is 8.07. The minimum atomic E-state index is 0. The summed E-state index contributed by atoms with van der Waals surface area (Å²) in [6.45, 7) is 1.73. The van der Waals surface area contributed by atoms with Crippen molar-refractivity contribution in [3.05, 3.63) is 18.0 Å². The van der Waals surface area contributed by atoms with E-state index in [1.165, 1.54) is 32.1 Å². The van der Waals surface area contributed by atoms with Crippen LogP contribution in [0.4, 0.5) is 0 Å². The lowest BCUT2D eigenvalue weighted by atomic mass is 9.86. The number of fused-ring (bicyclic) bond motifs is 2. The van der Waals surface area contributed by atoms with Crippen LogP contribution in [0.3, 0.4) is 0 Å². The molecule has 2 aliphatic carbocycles. The van der Waals surface area contributed by atoms with Gasteiger partial charge in [-0.15, -0.1) is 24.0 Å². The molecule has 5 nitrogen and oxygen atoms in total. The summed E-state index contributed by atoms with van der Waals surface area (Å²) in [5, 5.41) is 7.43. The molecule has 0 saturated heterocycles. The highest BCUT2D eigenvalue weighted by Crippen LogP contribution is 2.49. The van der Waals surface area contributed by atoms with Gasteiger partial charge in [0.1, 0.15) is 12.0 Å². The number of guanidine groups is 1. The molecule has 22 heavy (non-hydrogen) atoms. The molecular formula is C16H27IN4O. The summed E-state index contributed by atoms with van der Waals surface area (Å²) in [5.74, 6) is 3.91. The summed E-state index contributed by atoms with van der Waals surface area (Å²) in [5.41, 5.74) is 0.925. The second-order valence-electron chi connectivity index (χ2n) is 6.54. The van der Waals surface area contributed by atoms with Crippen LogP contribution in [0.2, 0.25) is 0 Å². The molecule has 3 atom stereocenters. The third-order valence-corrected chi connectivity index (χ3v) is 5.15. The van der Waals surface area contributed by atoms with Gasteiger partial charge in [0.05, 0.1) is 6.54 Å². The van der Waals surface area contributed by atoms with Gasteiger partial charge in [-0.2, -0.15) is 0 Å². The predicted octanol–water partition coefficient (Wildman–Crippen LogP) is 3.13. The second kappa shape index (κ2) is 8.17. The lowest BCUT2D eigenvalue weighted by Gasteiger charge is -2.24. The van der Waals surface area contributed by atoms with E-state index in [9.17, 15) is 0 Å². The first-order valence-electron chi connectivity index (χ1n) is 8.07. The third kappa shape index (κ3) is 4.14. The molecule has 0 radical (unpaired) electrons. The molecule has 2 fully saturated rings. The number of aromatic nitrogens is 1.